The smallest absolute Gasteiger partial charge is 0.463 e. The van der Waals surface area contributed by atoms with Crippen molar-refractivity contribution in [1.82, 2.24) is 0 Å². The van der Waals surface area contributed by atoms with E-state index in [-0.39, 0.29) is 19.3 Å². The van der Waals surface area contributed by atoms with E-state index in [4.69, 9.17) is 32.3 Å². The van der Waals surface area contributed by atoms with E-state index in [1.807, 2.05) is 12.2 Å². The SMILES string of the molecule is CC/C=C\C/C=C\C/C=C\C/C=C\C/C=C\C/C=C\CCCCCCCCCCCCC(=O)OCC(O)COP(=O)(O)OCC(O)COP(=O)(O)OCC(COC(=O)CCCCCCCCCCCC/C=C\C/C=C\C/C=C\C/C=C\C/C=C\C/C=C\CC)OC(=O)CCC/C=C\C/C=C\C/C=C\C/C=C\C/C=C\CC. The lowest BCUT2D eigenvalue weighted by molar-refractivity contribution is -0.161. The summed E-state index contributed by atoms with van der Waals surface area (Å²) >= 11 is 0. The van der Waals surface area contributed by atoms with E-state index in [1.54, 1.807) is 0 Å². The van der Waals surface area contributed by atoms with Crippen molar-refractivity contribution < 1.29 is 75.8 Å². The fraction of sp³-hybridized carbons (Fsp3) is 0.602. The number of ether oxygens (including phenoxy) is 3. The molecule has 0 aliphatic heterocycles. The summed E-state index contributed by atoms with van der Waals surface area (Å²) in [6.07, 6.45) is 112. The van der Waals surface area contributed by atoms with Crippen LogP contribution < -0.4 is 0 Å². The van der Waals surface area contributed by atoms with Crippen molar-refractivity contribution >= 4 is 33.6 Å². The quantitative estimate of drug-likeness (QED) is 0.0146. The number of phosphoric ester groups is 2. The van der Waals surface area contributed by atoms with Crippen molar-refractivity contribution in [2.24, 2.45) is 0 Å². The van der Waals surface area contributed by atoms with Crippen LogP contribution in [0.15, 0.2) is 207 Å². The van der Waals surface area contributed by atoms with Crippen LogP contribution in [-0.4, -0.2) is 95.9 Å². The van der Waals surface area contributed by atoms with E-state index in [0.717, 1.165) is 173 Å². The summed E-state index contributed by atoms with van der Waals surface area (Å²) in [5, 5.41) is 20.7. The van der Waals surface area contributed by atoms with Gasteiger partial charge in [0.1, 0.15) is 25.4 Å². The highest BCUT2D eigenvalue weighted by Crippen LogP contribution is 2.45. The van der Waals surface area contributed by atoms with Crippen LogP contribution in [0.5, 0.6) is 0 Å². The lowest BCUT2D eigenvalue weighted by atomic mass is 10.1. The summed E-state index contributed by atoms with van der Waals surface area (Å²) in [5.74, 6) is -1.66. The van der Waals surface area contributed by atoms with Crippen molar-refractivity contribution in [3.63, 3.8) is 0 Å². The first kappa shape index (κ1) is 105. The van der Waals surface area contributed by atoms with Crippen molar-refractivity contribution in [3.05, 3.63) is 207 Å². The second-order valence-electron chi connectivity index (χ2n) is 27.5. The highest BCUT2D eigenvalue weighted by atomic mass is 31.2. The zero-order chi connectivity index (χ0) is 80.8. The molecule has 0 amide bonds. The van der Waals surface area contributed by atoms with Crippen LogP contribution in [0.1, 0.15) is 303 Å². The minimum absolute atomic E-state index is 0.0178. The van der Waals surface area contributed by atoms with E-state index in [9.17, 15) is 43.5 Å². The minimum Gasteiger partial charge on any atom is -0.463 e. The number of allylic oxidation sites excluding steroid dienone is 34. The number of hydrogen-bond acceptors (Lipinski definition) is 14. The third-order valence-corrected chi connectivity index (χ3v) is 18.9. The van der Waals surface area contributed by atoms with E-state index < -0.39 is 91.5 Å². The zero-order valence-corrected chi connectivity index (χ0v) is 70.6. The first-order valence-corrected chi connectivity index (χ1v) is 45.4. The number of carbonyl (C=O) groups is 3. The Bertz CT molecular complexity index is 2850. The Morgan fingerprint density at radius 2 is 0.459 bits per heavy atom. The predicted octanol–water partition coefficient (Wildman–Crippen LogP) is 25.7. The summed E-state index contributed by atoms with van der Waals surface area (Å²) in [4.78, 5) is 58.8. The Balaban J connectivity index is 4.64. The first-order valence-electron chi connectivity index (χ1n) is 42.4. The molecule has 0 aromatic carbocycles. The third-order valence-electron chi connectivity index (χ3n) is 17.0. The van der Waals surface area contributed by atoms with Gasteiger partial charge in [-0.25, -0.2) is 9.13 Å². The maximum Gasteiger partial charge on any atom is 0.472 e. The maximum atomic E-state index is 13.0. The van der Waals surface area contributed by atoms with Crippen LogP contribution in [0, 0.1) is 0 Å². The Morgan fingerprint density at radius 3 is 0.739 bits per heavy atom. The monoisotopic (exact) mass is 1590 g/mol. The van der Waals surface area contributed by atoms with E-state index in [2.05, 4.69) is 215 Å². The van der Waals surface area contributed by atoms with Crippen LogP contribution in [-0.2, 0) is 55.8 Å². The third kappa shape index (κ3) is 84.9. The zero-order valence-electron chi connectivity index (χ0n) is 68.8. The van der Waals surface area contributed by atoms with Gasteiger partial charge in [0.05, 0.1) is 26.4 Å². The predicted molar refractivity (Wildman–Crippen MR) is 463 cm³/mol. The summed E-state index contributed by atoms with van der Waals surface area (Å²) in [5.41, 5.74) is 0. The van der Waals surface area contributed by atoms with Gasteiger partial charge in [0.25, 0.3) is 0 Å². The molecular formula is C93H150O16P2. The van der Waals surface area contributed by atoms with Gasteiger partial charge in [0, 0.05) is 19.3 Å². The van der Waals surface area contributed by atoms with Crippen molar-refractivity contribution in [1.29, 1.82) is 0 Å². The number of phosphoric acid groups is 2. The molecule has 628 valence electrons. The molecule has 5 atom stereocenters. The molecule has 111 heavy (non-hydrogen) atoms. The van der Waals surface area contributed by atoms with Gasteiger partial charge in [-0.3, -0.25) is 32.5 Å². The van der Waals surface area contributed by atoms with Crippen LogP contribution in [0.25, 0.3) is 0 Å². The molecule has 0 heterocycles. The number of aliphatic hydroxyl groups is 2. The van der Waals surface area contributed by atoms with Crippen molar-refractivity contribution in [3.8, 4) is 0 Å². The lowest BCUT2D eigenvalue weighted by Crippen LogP contribution is -2.30. The van der Waals surface area contributed by atoms with Crippen LogP contribution >= 0.6 is 15.6 Å². The average molecular weight is 1590 g/mol. The summed E-state index contributed by atoms with van der Waals surface area (Å²) in [7, 11) is -9.84. The second-order valence-corrected chi connectivity index (χ2v) is 30.4. The molecule has 0 radical (unpaired) electrons. The Hall–Kier alpha value is -5.87. The number of rotatable bonds is 78. The van der Waals surface area contributed by atoms with Gasteiger partial charge in [-0.1, -0.05) is 330 Å². The molecular weight excluding hydrogens is 1430 g/mol. The average Bonchev–Trinajstić information content (AvgIpc) is 0.901. The Kier molecular flexibility index (Phi) is 79.1. The number of carbonyl (C=O) groups excluding carboxylic acids is 3. The molecule has 0 aliphatic carbocycles. The fourth-order valence-corrected chi connectivity index (χ4v) is 12.3. The van der Waals surface area contributed by atoms with E-state index >= 15 is 0 Å². The van der Waals surface area contributed by atoms with Gasteiger partial charge in [-0.05, 0) is 161 Å². The molecule has 0 fully saturated rings. The topological polar surface area (TPSA) is 231 Å². The first-order chi connectivity index (χ1) is 54.2. The molecule has 5 unspecified atom stereocenters. The van der Waals surface area contributed by atoms with E-state index in [0.29, 0.717) is 25.7 Å². The van der Waals surface area contributed by atoms with E-state index in [1.165, 1.54) is 64.2 Å². The lowest BCUT2D eigenvalue weighted by Gasteiger charge is -2.21. The molecule has 0 aromatic heterocycles. The van der Waals surface area contributed by atoms with Gasteiger partial charge in [-0.2, -0.15) is 0 Å². The van der Waals surface area contributed by atoms with Gasteiger partial charge in [-0.15, -0.1) is 0 Å². The van der Waals surface area contributed by atoms with Crippen LogP contribution in [0.3, 0.4) is 0 Å². The van der Waals surface area contributed by atoms with Crippen molar-refractivity contribution in [2.75, 3.05) is 39.6 Å². The highest BCUT2D eigenvalue weighted by molar-refractivity contribution is 7.47. The number of aliphatic hydroxyl groups excluding tert-OH is 2. The molecule has 0 bridgehead atoms. The largest absolute Gasteiger partial charge is 0.472 e. The molecule has 0 rings (SSSR count). The van der Waals surface area contributed by atoms with Gasteiger partial charge < -0.3 is 34.2 Å². The molecule has 0 spiro atoms. The van der Waals surface area contributed by atoms with Crippen LogP contribution in [0.4, 0.5) is 0 Å². The molecule has 0 saturated carbocycles. The number of hydrogen-bond donors (Lipinski definition) is 4. The standard InChI is InChI=1S/C93H150O16P2/c1-4-7-10-13-16-19-22-25-28-31-33-35-37-39-41-43-45-47-49-51-53-56-58-61-64-67-70-73-76-79-91(96)103-82-88(94)83-105-110(99,100)106-84-89(95)85-107-111(101,102)108-87-90(109-93(98)81-78-75-72-69-66-63-60-55-30-27-24-21-18-15-12-9-6-3)86-104-92(97)80-77-74-71-68-65-62-59-57-54-52-50-48-46-44-42-40-38-36-34-32-29-26-23-20-17-14-11-8-5-2/h7-12,16-21,25-30,33-36,39-42,45-48,60,63,69,72,88-90,94-95H,4-6,13-15,22-24,31-32,37-38,43-44,49-59,61-62,64-68,70-71,73-87H2,1-3H3,(H,99,100)(H,101,102)/b10-7-,11-8-,12-9-,19-16-,20-17-,21-18-,28-25-,29-26-,30-27-,35-33-,36-34-,41-39-,42-40-,47-45-,48-46-,63-60-,72-69-. The maximum absolute atomic E-state index is 13.0. The number of esters is 3. The second kappa shape index (κ2) is 83.6. The summed E-state index contributed by atoms with van der Waals surface area (Å²) < 4.78 is 61.2. The minimum atomic E-state index is -4.96. The van der Waals surface area contributed by atoms with Gasteiger partial charge in [0.2, 0.25) is 0 Å². The molecule has 0 aromatic rings. The Morgan fingerprint density at radius 1 is 0.252 bits per heavy atom. The molecule has 4 N–H and O–H groups in total. The summed E-state index contributed by atoms with van der Waals surface area (Å²) in [6.45, 7) is 2.25. The van der Waals surface area contributed by atoms with Gasteiger partial charge >= 0.3 is 33.6 Å². The van der Waals surface area contributed by atoms with Crippen LogP contribution in [0.2, 0.25) is 0 Å². The van der Waals surface area contributed by atoms with Crippen molar-refractivity contribution in [2.45, 2.75) is 322 Å². The molecule has 0 saturated heterocycles. The molecule has 18 heteroatoms. The van der Waals surface area contributed by atoms with Gasteiger partial charge in [0.15, 0.2) is 6.10 Å². The Labute approximate surface area is 673 Å². The highest BCUT2D eigenvalue weighted by Gasteiger charge is 2.29. The normalized spacial score (nSPS) is 14.9. The molecule has 0 aliphatic rings. The molecule has 16 nitrogen and oxygen atoms in total. The summed E-state index contributed by atoms with van der Waals surface area (Å²) in [6, 6.07) is 0. The number of unbranched alkanes of at least 4 members (excludes halogenated alkanes) is 21. The fourth-order valence-electron chi connectivity index (χ4n) is 10.7.